The van der Waals surface area contributed by atoms with Crippen molar-refractivity contribution in [3.63, 3.8) is 0 Å². The Balaban J connectivity index is 1.58. The van der Waals surface area contributed by atoms with E-state index in [9.17, 15) is 14.7 Å². The number of carbonyl (C=O) groups excluding carboxylic acids is 2. The molecule has 3 rings (SSSR count). The Kier molecular flexibility index (Phi) is 7.83. The number of aliphatic hydroxyl groups is 1. The Morgan fingerprint density at radius 1 is 1.21 bits per heavy atom. The molecule has 1 saturated carbocycles. The molecule has 0 spiro atoms. The lowest BCUT2D eigenvalue weighted by Crippen LogP contribution is -2.35. The van der Waals surface area contributed by atoms with Gasteiger partial charge in [0.2, 0.25) is 11.8 Å². The van der Waals surface area contributed by atoms with Crippen LogP contribution in [0.25, 0.3) is 0 Å². The lowest BCUT2D eigenvalue weighted by molar-refractivity contribution is -0.122. The summed E-state index contributed by atoms with van der Waals surface area (Å²) in [6.45, 7) is -0.178. The third-order valence-electron chi connectivity index (χ3n) is 4.62. The molecule has 156 valence electrons. The number of thioether (sulfide) groups is 1. The molecule has 2 aromatic rings. The van der Waals surface area contributed by atoms with Gasteiger partial charge in [0.05, 0.1) is 34.3 Å². The first-order valence-electron chi connectivity index (χ1n) is 9.28. The fourth-order valence-corrected chi connectivity index (χ4v) is 4.29. The predicted molar refractivity (Wildman–Crippen MR) is 114 cm³/mol. The van der Waals surface area contributed by atoms with Gasteiger partial charge in [-0.2, -0.15) is 0 Å². The number of aromatic nitrogens is 2. The molecule has 0 atom stereocenters. The highest BCUT2D eigenvalue weighted by molar-refractivity contribution is 7.99. The highest BCUT2D eigenvalue weighted by Crippen LogP contribution is 2.25. The molecule has 10 heteroatoms. The van der Waals surface area contributed by atoms with Crippen molar-refractivity contribution in [3.05, 3.63) is 40.1 Å². The lowest BCUT2D eigenvalue weighted by atomic mass is 10.2. The van der Waals surface area contributed by atoms with Crippen LogP contribution in [-0.2, 0) is 22.7 Å². The molecular weight excluding hydrogens is 435 g/mol. The van der Waals surface area contributed by atoms with Gasteiger partial charge in [0.25, 0.3) is 0 Å². The second kappa shape index (κ2) is 10.3. The third kappa shape index (κ3) is 6.12. The van der Waals surface area contributed by atoms with Crippen molar-refractivity contribution in [2.45, 2.75) is 50.0 Å². The van der Waals surface area contributed by atoms with Crippen molar-refractivity contribution in [1.29, 1.82) is 0 Å². The molecule has 29 heavy (non-hydrogen) atoms. The van der Waals surface area contributed by atoms with Crippen LogP contribution in [0.15, 0.2) is 29.6 Å². The summed E-state index contributed by atoms with van der Waals surface area (Å²) in [5.74, 6) is -0.276. The smallest absolute Gasteiger partial charge is 0.240 e. The standard InChI is InChI=1S/C19H22Cl2N4O3S/c20-15-6-5-13(7-16(15)21)24-18(28)11-29-19-22-8-14(10-26)25(19)9-17(27)23-12-3-1-2-4-12/h5-8,12,26H,1-4,9-11H2,(H,23,27)(H,24,28). The topological polar surface area (TPSA) is 96.2 Å². The van der Waals surface area contributed by atoms with Gasteiger partial charge in [-0.25, -0.2) is 4.98 Å². The first-order valence-corrected chi connectivity index (χ1v) is 11.0. The van der Waals surface area contributed by atoms with Gasteiger partial charge in [0.1, 0.15) is 6.54 Å². The van der Waals surface area contributed by atoms with Crippen LogP contribution in [-0.4, -0.2) is 38.3 Å². The number of imidazole rings is 1. The van der Waals surface area contributed by atoms with E-state index in [1.165, 1.54) is 18.0 Å². The predicted octanol–water partition coefficient (Wildman–Crippen LogP) is 3.47. The van der Waals surface area contributed by atoms with E-state index >= 15 is 0 Å². The summed E-state index contributed by atoms with van der Waals surface area (Å²) in [7, 11) is 0. The quantitative estimate of drug-likeness (QED) is 0.528. The minimum absolute atomic E-state index is 0.0587. The number of amides is 2. The van der Waals surface area contributed by atoms with E-state index in [1.807, 2.05) is 0 Å². The zero-order valence-electron chi connectivity index (χ0n) is 15.7. The lowest BCUT2D eigenvalue weighted by Gasteiger charge is -2.14. The van der Waals surface area contributed by atoms with E-state index in [1.54, 1.807) is 22.8 Å². The minimum atomic E-state index is -0.246. The van der Waals surface area contributed by atoms with Gasteiger partial charge in [0.15, 0.2) is 5.16 Å². The van der Waals surface area contributed by atoms with Crippen molar-refractivity contribution < 1.29 is 14.7 Å². The van der Waals surface area contributed by atoms with Gasteiger partial charge >= 0.3 is 0 Å². The van der Waals surface area contributed by atoms with Gasteiger partial charge in [-0.1, -0.05) is 47.8 Å². The van der Waals surface area contributed by atoms with Gasteiger partial charge in [-0.15, -0.1) is 0 Å². The molecule has 1 fully saturated rings. The molecule has 7 nitrogen and oxygen atoms in total. The first-order chi connectivity index (χ1) is 14.0. The molecule has 1 aliphatic carbocycles. The maximum atomic E-state index is 12.4. The van der Waals surface area contributed by atoms with Gasteiger partial charge < -0.3 is 20.3 Å². The number of anilines is 1. The van der Waals surface area contributed by atoms with Crippen molar-refractivity contribution >= 4 is 52.5 Å². The van der Waals surface area contributed by atoms with Crippen LogP contribution in [0.2, 0.25) is 10.0 Å². The van der Waals surface area contributed by atoms with Crippen LogP contribution in [0.3, 0.4) is 0 Å². The number of benzene rings is 1. The van der Waals surface area contributed by atoms with E-state index in [2.05, 4.69) is 15.6 Å². The number of rotatable bonds is 8. The zero-order chi connectivity index (χ0) is 20.8. The number of aliphatic hydroxyl groups excluding tert-OH is 1. The Morgan fingerprint density at radius 2 is 1.97 bits per heavy atom. The summed E-state index contributed by atoms with van der Waals surface area (Å²) in [4.78, 5) is 28.9. The van der Waals surface area contributed by atoms with Gasteiger partial charge in [-0.3, -0.25) is 9.59 Å². The third-order valence-corrected chi connectivity index (χ3v) is 6.35. The fourth-order valence-electron chi connectivity index (χ4n) is 3.19. The van der Waals surface area contributed by atoms with Crippen LogP contribution in [0, 0.1) is 0 Å². The summed E-state index contributed by atoms with van der Waals surface area (Å²) >= 11 is 13.0. The highest BCUT2D eigenvalue weighted by Gasteiger charge is 2.19. The number of hydrogen-bond donors (Lipinski definition) is 3. The SMILES string of the molecule is O=C(CSc1ncc(CO)n1CC(=O)NC1CCCC1)Nc1ccc(Cl)c(Cl)c1. The Labute approximate surface area is 183 Å². The number of nitrogens with one attached hydrogen (secondary N) is 2. The molecule has 0 radical (unpaired) electrons. The van der Waals surface area contributed by atoms with Crippen LogP contribution < -0.4 is 10.6 Å². The van der Waals surface area contributed by atoms with Gasteiger partial charge in [-0.05, 0) is 31.0 Å². The Bertz CT molecular complexity index is 884. The maximum Gasteiger partial charge on any atom is 0.240 e. The molecule has 1 aliphatic rings. The summed E-state index contributed by atoms with van der Waals surface area (Å²) in [5, 5.41) is 16.6. The average Bonchev–Trinajstić information content (AvgIpc) is 3.33. The molecule has 2 amide bonds. The molecule has 1 aromatic heterocycles. The van der Waals surface area contributed by atoms with Crippen molar-refractivity contribution in [1.82, 2.24) is 14.9 Å². The summed E-state index contributed by atoms with van der Waals surface area (Å²) in [6.07, 6.45) is 5.78. The summed E-state index contributed by atoms with van der Waals surface area (Å²) < 4.78 is 1.64. The number of nitrogens with zero attached hydrogens (tertiary/aromatic N) is 2. The van der Waals surface area contributed by atoms with E-state index in [4.69, 9.17) is 23.2 Å². The molecule has 0 aliphatic heterocycles. The second-order valence-corrected chi connectivity index (χ2v) is 8.55. The fraction of sp³-hybridized carbons (Fsp3) is 0.421. The number of hydrogen-bond acceptors (Lipinski definition) is 5. The summed E-state index contributed by atoms with van der Waals surface area (Å²) in [5.41, 5.74) is 1.07. The van der Waals surface area contributed by atoms with Crippen LogP contribution in [0.5, 0.6) is 0 Å². The monoisotopic (exact) mass is 456 g/mol. The molecular formula is C19H22Cl2N4O3S. The maximum absolute atomic E-state index is 12.4. The average molecular weight is 457 g/mol. The van der Waals surface area contributed by atoms with E-state index in [0.29, 0.717) is 26.6 Å². The normalized spacial score (nSPS) is 14.2. The van der Waals surface area contributed by atoms with Crippen LogP contribution in [0.1, 0.15) is 31.4 Å². The molecule has 1 aromatic carbocycles. The highest BCUT2D eigenvalue weighted by atomic mass is 35.5. The van der Waals surface area contributed by atoms with Crippen LogP contribution >= 0.6 is 35.0 Å². The Morgan fingerprint density at radius 3 is 2.66 bits per heavy atom. The van der Waals surface area contributed by atoms with E-state index in [-0.39, 0.29) is 36.8 Å². The number of carbonyl (C=O) groups is 2. The van der Waals surface area contributed by atoms with Crippen molar-refractivity contribution in [3.8, 4) is 0 Å². The van der Waals surface area contributed by atoms with E-state index < -0.39 is 0 Å². The van der Waals surface area contributed by atoms with Crippen LogP contribution in [0.4, 0.5) is 5.69 Å². The molecule has 0 saturated heterocycles. The van der Waals surface area contributed by atoms with Crippen molar-refractivity contribution in [2.75, 3.05) is 11.1 Å². The van der Waals surface area contributed by atoms with Crippen molar-refractivity contribution in [2.24, 2.45) is 0 Å². The zero-order valence-corrected chi connectivity index (χ0v) is 18.0. The van der Waals surface area contributed by atoms with E-state index in [0.717, 1.165) is 25.7 Å². The van der Waals surface area contributed by atoms with Gasteiger partial charge in [0, 0.05) is 11.7 Å². The molecule has 0 bridgehead atoms. The molecule has 0 unspecified atom stereocenters. The molecule has 3 N–H and O–H groups in total. The molecule has 1 heterocycles. The minimum Gasteiger partial charge on any atom is -0.390 e. The largest absolute Gasteiger partial charge is 0.390 e. The summed E-state index contributed by atoms with van der Waals surface area (Å²) in [6, 6.07) is 5.06. The second-order valence-electron chi connectivity index (χ2n) is 6.79. The first kappa shape index (κ1) is 22.0. The number of halogens is 2. The Hall–Kier alpha value is -1.74.